The van der Waals surface area contributed by atoms with E-state index in [4.69, 9.17) is 47.2 Å². The second-order valence-electron chi connectivity index (χ2n) is 17.4. The van der Waals surface area contributed by atoms with Crippen molar-refractivity contribution in [3.63, 3.8) is 0 Å². The SMILES string of the molecule is CC(=O)N[C@@H]1[C@H](O[C@@H]2[C@@H](NC(C)=O)[C@@H](O[C@@H]3[C@H](O)[C@@H](O)C(O)O[C@@H]3CO)O[C@H](CO)[C@@H]2O[C@@H]2O[C@H](CO)[C@@H](O)[C@H](O[C@@H]3O[C@@H](C)[C@H](OP(=O)(O)O)[C@@H](O)[C@@H]3NC(C)=O)[C@H]2NC(C)=O)O[C@@H](C)[C@H](O)[C@H]1O. The first-order valence-corrected chi connectivity index (χ1v) is 23.5. The van der Waals surface area contributed by atoms with Crippen molar-refractivity contribution in [1.82, 2.24) is 21.3 Å². The van der Waals surface area contributed by atoms with Gasteiger partial charge in [-0.3, -0.25) is 23.7 Å². The lowest BCUT2D eigenvalue weighted by atomic mass is 9.92. The zero-order valence-electron chi connectivity index (χ0n) is 38.5. The van der Waals surface area contributed by atoms with Crippen LogP contribution in [0.3, 0.4) is 0 Å². The number of aliphatic hydroxyl groups is 10. The Morgan fingerprint density at radius 1 is 0.443 bits per heavy atom. The van der Waals surface area contributed by atoms with Crippen LogP contribution in [0.4, 0.5) is 0 Å². The summed E-state index contributed by atoms with van der Waals surface area (Å²) in [5.74, 6) is -3.25. The maximum absolute atomic E-state index is 13.1. The Bertz CT molecular complexity index is 1820. The molecule has 5 aliphatic rings. The zero-order chi connectivity index (χ0) is 52.3. The van der Waals surface area contributed by atoms with E-state index in [1.54, 1.807) is 0 Å². The van der Waals surface area contributed by atoms with Gasteiger partial charge in [0.05, 0.1) is 32.0 Å². The standard InChI is InChI=1S/C38H65N4O27P/c1-10-23(50)25(52)19(39-12(3)46)35(60-10)68-33-22(42-15(6)49)38(65-30-17(8-44)62-34(56)28(55)27(30)54)64-18(9-45)31(33)66-37-21(41-14(5)48)32(24(51)16(7-43)63-37)67-36-20(40-13(4)47)26(53)29(11(2)61-36)69-70(57,58)59/h10-11,16-38,43-45,50-56H,7-9H2,1-6H3,(H,39,46)(H,40,47)(H,41,48)(H,42,49)(H2,57,58,59)/t10-,11-,16+,17+,18+,19-,20-,21+,22+,23-,24+,25-,26-,27+,28+,29-,30-,31-,32+,33+,34?,35-,36-,37-,38+/m0/s1. The Morgan fingerprint density at radius 3 is 1.34 bits per heavy atom. The second-order valence-corrected chi connectivity index (χ2v) is 18.6. The Morgan fingerprint density at radius 2 is 0.843 bits per heavy atom. The van der Waals surface area contributed by atoms with Gasteiger partial charge in [0.15, 0.2) is 31.5 Å². The molecule has 0 spiro atoms. The first kappa shape index (κ1) is 58.1. The number of carbonyl (C=O) groups excluding carboxylic acids is 4. The van der Waals surface area contributed by atoms with Gasteiger partial charge in [0.1, 0.15) is 110 Å². The molecule has 5 aliphatic heterocycles. The highest BCUT2D eigenvalue weighted by Crippen LogP contribution is 2.42. The quantitative estimate of drug-likeness (QED) is 0.0602. The molecular formula is C38H65N4O27P. The Hall–Kier alpha value is -2.77. The van der Waals surface area contributed by atoms with Crippen LogP contribution in [0.15, 0.2) is 0 Å². The molecule has 0 radical (unpaired) electrons. The number of rotatable bonds is 17. The average Bonchev–Trinajstić information content (AvgIpc) is 3.26. The van der Waals surface area contributed by atoms with Gasteiger partial charge >= 0.3 is 7.82 Å². The fourth-order valence-electron chi connectivity index (χ4n) is 8.83. The monoisotopic (exact) mass is 1040 g/mol. The second kappa shape index (κ2) is 24.5. The summed E-state index contributed by atoms with van der Waals surface area (Å²) >= 11 is 0. The first-order valence-electron chi connectivity index (χ1n) is 22.0. The van der Waals surface area contributed by atoms with Crippen LogP contribution < -0.4 is 21.3 Å². The summed E-state index contributed by atoms with van der Waals surface area (Å²) in [6.07, 6.45) is -37.7. The van der Waals surface area contributed by atoms with Gasteiger partial charge in [-0.05, 0) is 13.8 Å². The van der Waals surface area contributed by atoms with Crippen molar-refractivity contribution in [2.75, 3.05) is 19.8 Å². The number of phosphoric acid groups is 1. The van der Waals surface area contributed by atoms with E-state index < -0.39 is 205 Å². The van der Waals surface area contributed by atoms with Crippen LogP contribution in [0.1, 0.15) is 41.5 Å². The highest BCUT2D eigenvalue weighted by Gasteiger charge is 2.58. The number of aliphatic hydroxyl groups excluding tert-OH is 10. The Labute approximate surface area is 398 Å². The van der Waals surface area contributed by atoms with Crippen LogP contribution in [0.5, 0.6) is 0 Å². The molecular weight excluding hydrogens is 975 g/mol. The fraction of sp³-hybridized carbons (Fsp3) is 0.895. The molecule has 1 unspecified atom stereocenters. The van der Waals surface area contributed by atoms with E-state index in [2.05, 4.69) is 21.3 Å². The van der Waals surface area contributed by atoms with Crippen molar-refractivity contribution in [3.05, 3.63) is 0 Å². The van der Waals surface area contributed by atoms with E-state index in [0.717, 1.165) is 27.7 Å². The van der Waals surface area contributed by atoms with Crippen molar-refractivity contribution < 1.29 is 132 Å². The molecule has 25 atom stereocenters. The van der Waals surface area contributed by atoms with E-state index in [-0.39, 0.29) is 0 Å². The molecule has 0 saturated carbocycles. The summed E-state index contributed by atoms with van der Waals surface area (Å²) in [5.41, 5.74) is 0. The third-order valence-electron chi connectivity index (χ3n) is 12.1. The third-order valence-corrected chi connectivity index (χ3v) is 12.6. The summed E-state index contributed by atoms with van der Waals surface area (Å²) in [5, 5.41) is 118. The zero-order valence-corrected chi connectivity index (χ0v) is 39.4. The first-order chi connectivity index (χ1) is 32.7. The maximum atomic E-state index is 13.1. The van der Waals surface area contributed by atoms with Crippen LogP contribution in [0.2, 0.25) is 0 Å². The van der Waals surface area contributed by atoms with E-state index >= 15 is 0 Å². The van der Waals surface area contributed by atoms with Crippen molar-refractivity contribution in [1.29, 1.82) is 0 Å². The normalized spacial score (nSPS) is 44.7. The molecule has 31 nitrogen and oxygen atoms in total. The molecule has 0 bridgehead atoms. The number of carbonyl (C=O) groups is 4. The number of amides is 4. The van der Waals surface area contributed by atoms with Gasteiger partial charge in [-0.1, -0.05) is 0 Å². The van der Waals surface area contributed by atoms with E-state index in [9.17, 15) is 84.6 Å². The molecule has 5 saturated heterocycles. The largest absolute Gasteiger partial charge is 0.470 e. The van der Waals surface area contributed by atoms with Gasteiger partial charge in [-0.2, -0.15) is 0 Å². The molecule has 16 N–H and O–H groups in total. The van der Waals surface area contributed by atoms with Crippen LogP contribution in [-0.4, -0.2) is 258 Å². The minimum atomic E-state index is -5.29. The average molecular weight is 1040 g/mol. The topological polar surface area (TPSA) is 469 Å². The molecule has 32 heteroatoms. The molecule has 4 amide bonds. The van der Waals surface area contributed by atoms with Gasteiger partial charge in [-0.15, -0.1) is 0 Å². The summed E-state index contributed by atoms with van der Waals surface area (Å²) in [7, 11) is -5.29. The van der Waals surface area contributed by atoms with Crippen molar-refractivity contribution in [2.45, 2.75) is 195 Å². The molecule has 70 heavy (non-hydrogen) atoms. The summed E-state index contributed by atoms with van der Waals surface area (Å²) in [4.78, 5) is 69.9. The van der Waals surface area contributed by atoms with Crippen molar-refractivity contribution in [2.24, 2.45) is 0 Å². The molecule has 5 fully saturated rings. The minimum Gasteiger partial charge on any atom is -0.394 e. The molecule has 5 heterocycles. The number of hydrogen-bond acceptors (Lipinski definition) is 25. The van der Waals surface area contributed by atoms with Gasteiger partial charge in [0.2, 0.25) is 23.6 Å². The highest BCUT2D eigenvalue weighted by atomic mass is 31.2. The van der Waals surface area contributed by atoms with Crippen LogP contribution in [0.25, 0.3) is 0 Å². The van der Waals surface area contributed by atoms with Crippen LogP contribution in [0, 0.1) is 0 Å². The van der Waals surface area contributed by atoms with E-state index in [1.165, 1.54) is 13.8 Å². The lowest BCUT2D eigenvalue weighted by molar-refractivity contribution is -0.378. The molecule has 0 aromatic heterocycles. The van der Waals surface area contributed by atoms with Crippen molar-refractivity contribution >= 4 is 31.5 Å². The lowest BCUT2D eigenvalue weighted by Crippen LogP contribution is -2.73. The predicted molar refractivity (Wildman–Crippen MR) is 221 cm³/mol. The molecule has 404 valence electrons. The Balaban J connectivity index is 1.61. The summed E-state index contributed by atoms with van der Waals surface area (Å²) in [6.45, 7) is 3.71. The number of nitrogens with one attached hydrogen (secondary N) is 4. The third kappa shape index (κ3) is 13.7. The van der Waals surface area contributed by atoms with Gasteiger partial charge in [0.25, 0.3) is 0 Å². The summed E-state index contributed by atoms with van der Waals surface area (Å²) < 4.78 is 70.8. The van der Waals surface area contributed by atoms with Gasteiger partial charge < -0.3 is 125 Å². The lowest BCUT2D eigenvalue weighted by Gasteiger charge is -2.52. The highest BCUT2D eigenvalue weighted by molar-refractivity contribution is 7.46. The maximum Gasteiger partial charge on any atom is 0.470 e. The number of phosphoric ester groups is 1. The predicted octanol–water partition coefficient (Wildman–Crippen LogP) is -9.18. The fourth-order valence-corrected chi connectivity index (χ4v) is 9.44. The van der Waals surface area contributed by atoms with Crippen LogP contribution in [-0.2, 0) is 70.9 Å². The smallest absolute Gasteiger partial charge is 0.394 e. The van der Waals surface area contributed by atoms with Gasteiger partial charge in [-0.25, -0.2) is 4.57 Å². The van der Waals surface area contributed by atoms with Gasteiger partial charge in [0, 0.05) is 27.7 Å². The van der Waals surface area contributed by atoms with Crippen molar-refractivity contribution in [3.8, 4) is 0 Å². The number of hydrogen-bond donors (Lipinski definition) is 16. The molecule has 0 aromatic carbocycles. The Kier molecular flexibility index (Phi) is 20.4. The summed E-state index contributed by atoms with van der Waals surface area (Å²) in [6, 6.07) is -6.82. The van der Waals surface area contributed by atoms with Crippen LogP contribution >= 0.6 is 7.82 Å². The molecule has 0 aliphatic carbocycles. The van der Waals surface area contributed by atoms with E-state index in [0.29, 0.717) is 0 Å². The number of ether oxygens (including phenoxy) is 9. The molecule has 5 rings (SSSR count). The molecule has 0 aromatic rings. The minimum absolute atomic E-state index is 0.749. The van der Waals surface area contributed by atoms with E-state index in [1.807, 2.05) is 0 Å².